The maximum atomic E-state index is 13.6. The maximum absolute atomic E-state index is 13.6. The van der Waals surface area contributed by atoms with Crippen molar-refractivity contribution in [3.63, 3.8) is 0 Å². The fraction of sp³-hybridized carbons (Fsp3) is 0.375. The molecule has 1 aliphatic heterocycles. The van der Waals surface area contributed by atoms with Crippen LogP contribution in [0.3, 0.4) is 0 Å². The van der Waals surface area contributed by atoms with E-state index >= 15 is 0 Å². The molecule has 1 aromatic heterocycles. The molecule has 2 atom stereocenters. The van der Waals surface area contributed by atoms with Gasteiger partial charge < -0.3 is 30.9 Å². The van der Waals surface area contributed by atoms with Gasteiger partial charge >= 0.3 is 0 Å². The van der Waals surface area contributed by atoms with Crippen molar-refractivity contribution in [2.45, 2.75) is 50.7 Å². The summed E-state index contributed by atoms with van der Waals surface area (Å²) in [7, 11) is 3.15. The number of carbonyl (C=O) groups excluding carboxylic acids is 6. The quantitative estimate of drug-likeness (QED) is 0.152. The Morgan fingerprint density at radius 3 is 2.52 bits per heavy atom. The van der Waals surface area contributed by atoms with Crippen LogP contribution in [0.5, 0.6) is 0 Å². The number of amides is 4. The van der Waals surface area contributed by atoms with E-state index in [9.17, 15) is 38.3 Å². The molecule has 0 bridgehead atoms. The molecule has 46 heavy (non-hydrogen) atoms. The summed E-state index contributed by atoms with van der Waals surface area (Å²) in [5, 5.41) is 14.2. The Balaban J connectivity index is 1.44. The second-order valence-electron chi connectivity index (χ2n) is 11.6. The lowest BCUT2D eigenvalue weighted by Gasteiger charge is -2.22. The molecule has 3 aromatic rings. The number of aliphatic hydroxyl groups is 1. The smallest absolute Gasteiger partial charge is 0.268 e. The standard InChI is InChI=1S/C32H35ClFN5O7/c1-38(2)29(43)8-6-26(40)19(3-7-28(35)42)15-27(41)25-14-20-13-23(4-5-24(20)37-25)39-10-9-32(46,31(39)45)30(44)36-17-18-11-21(33)16-22(34)12-18/h4-5,11-14,16,19,37,46H,3,6-10,15,17H2,1-2H3,(H2,35,42)(H,36,44)/t19-,32+/m1/s1. The number of aromatic amines is 1. The fourth-order valence-corrected chi connectivity index (χ4v) is 5.57. The summed E-state index contributed by atoms with van der Waals surface area (Å²) >= 11 is 5.85. The molecule has 0 unspecified atom stereocenters. The number of anilines is 1. The summed E-state index contributed by atoms with van der Waals surface area (Å²) in [4.78, 5) is 81.2. The van der Waals surface area contributed by atoms with Crippen LogP contribution in [0.2, 0.25) is 5.02 Å². The van der Waals surface area contributed by atoms with E-state index in [2.05, 4.69) is 10.3 Å². The van der Waals surface area contributed by atoms with Crippen LogP contribution >= 0.6 is 11.6 Å². The van der Waals surface area contributed by atoms with Gasteiger partial charge in [-0.2, -0.15) is 0 Å². The Morgan fingerprint density at radius 2 is 1.85 bits per heavy atom. The lowest BCUT2D eigenvalue weighted by Crippen LogP contribution is -2.52. The molecule has 1 aliphatic rings. The number of nitrogens with zero attached hydrogens (tertiary/aromatic N) is 2. The minimum absolute atomic E-state index is 0.0177. The van der Waals surface area contributed by atoms with Crippen molar-refractivity contribution in [2.75, 3.05) is 25.5 Å². The topological polar surface area (TPSA) is 183 Å². The number of Topliss-reactive ketones (excluding diaryl/α,β-unsaturated/α-hetero) is 2. The summed E-state index contributed by atoms with van der Waals surface area (Å²) in [6, 6.07) is 10.2. The number of H-pyrrole nitrogens is 1. The number of benzene rings is 2. The number of hydrogen-bond acceptors (Lipinski definition) is 7. The maximum Gasteiger partial charge on any atom is 0.268 e. The Hall–Kier alpha value is -4.62. The molecule has 2 heterocycles. The van der Waals surface area contributed by atoms with Crippen molar-refractivity contribution in [2.24, 2.45) is 11.7 Å². The second kappa shape index (κ2) is 14.2. The first-order valence-corrected chi connectivity index (χ1v) is 15.0. The molecule has 2 aromatic carbocycles. The largest absolute Gasteiger partial charge is 0.372 e. The highest BCUT2D eigenvalue weighted by Crippen LogP contribution is 2.32. The minimum atomic E-state index is -2.34. The van der Waals surface area contributed by atoms with Gasteiger partial charge in [0, 0.05) is 86.8 Å². The van der Waals surface area contributed by atoms with Crippen LogP contribution in [-0.2, 0) is 30.5 Å². The normalized spacial score (nSPS) is 16.8. The summed E-state index contributed by atoms with van der Waals surface area (Å²) < 4.78 is 13.6. The fourth-order valence-electron chi connectivity index (χ4n) is 5.33. The van der Waals surface area contributed by atoms with Crippen molar-refractivity contribution in [1.29, 1.82) is 0 Å². The van der Waals surface area contributed by atoms with Crippen LogP contribution in [0.4, 0.5) is 10.1 Å². The highest BCUT2D eigenvalue weighted by atomic mass is 35.5. The number of halogens is 2. The average Bonchev–Trinajstić information content (AvgIpc) is 3.56. The van der Waals surface area contributed by atoms with Gasteiger partial charge in [-0.15, -0.1) is 0 Å². The van der Waals surface area contributed by atoms with Crippen molar-refractivity contribution in [3.05, 3.63) is 64.6 Å². The van der Waals surface area contributed by atoms with Crippen LogP contribution in [-0.4, -0.2) is 76.4 Å². The zero-order valence-corrected chi connectivity index (χ0v) is 26.2. The SMILES string of the molecule is CN(C)C(=O)CCC(=O)[C@H](CCC(N)=O)CC(=O)c1cc2cc(N3CC[C@](O)(C(=O)NCc4cc(F)cc(Cl)c4)C3=O)ccc2[nH]1. The third-order valence-corrected chi connectivity index (χ3v) is 8.19. The Labute approximate surface area is 269 Å². The van der Waals surface area contributed by atoms with Gasteiger partial charge in [-0.05, 0) is 54.4 Å². The molecular formula is C32H35ClFN5O7. The van der Waals surface area contributed by atoms with E-state index in [0.717, 1.165) is 6.07 Å². The summed E-state index contributed by atoms with van der Waals surface area (Å²) in [6.07, 6.45) is -0.486. The molecule has 4 rings (SSSR count). The van der Waals surface area contributed by atoms with E-state index in [1.165, 1.54) is 21.9 Å². The number of fused-ring (bicyclic) bond motifs is 1. The number of aromatic nitrogens is 1. The van der Waals surface area contributed by atoms with Gasteiger partial charge in [0.2, 0.25) is 17.4 Å². The Kier molecular flexibility index (Phi) is 10.6. The number of hydrogen-bond donors (Lipinski definition) is 4. The van der Waals surface area contributed by atoms with Crippen molar-refractivity contribution < 1.29 is 38.3 Å². The first kappa shape index (κ1) is 34.3. The number of ketones is 2. The lowest BCUT2D eigenvalue weighted by molar-refractivity contribution is -0.149. The van der Waals surface area contributed by atoms with Crippen molar-refractivity contribution >= 4 is 63.4 Å². The van der Waals surface area contributed by atoms with Gasteiger partial charge in [-0.1, -0.05) is 11.6 Å². The molecule has 0 spiro atoms. The Morgan fingerprint density at radius 1 is 1.11 bits per heavy atom. The van der Waals surface area contributed by atoms with Crippen molar-refractivity contribution in [1.82, 2.24) is 15.2 Å². The minimum Gasteiger partial charge on any atom is -0.372 e. The number of primary amides is 1. The molecule has 4 amide bonds. The highest BCUT2D eigenvalue weighted by Gasteiger charge is 2.51. The van der Waals surface area contributed by atoms with Crippen LogP contribution in [0.1, 0.15) is 54.6 Å². The van der Waals surface area contributed by atoms with E-state index in [-0.39, 0.29) is 79.8 Å². The molecule has 14 heteroatoms. The van der Waals surface area contributed by atoms with Gasteiger partial charge in [-0.3, -0.25) is 28.8 Å². The molecule has 0 radical (unpaired) electrons. The predicted octanol–water partition coefficient (Wildman–Crippen LogP) is 2.64. The highest BCUT2D eigenvalue weighted by molar-refractivity contribution is 6.30. The number of rotatable bonds is 14. The van der Waals surface area contributed by atoms with Gasteiger partial charge in [0.05, 0.1) is 5.69 Å². The molecule has 244 valence electrons. The van der Waals surface area contributed by atoms with Crippen LogP contribution in [0, 0.1) is 11.7 Å². The van der Waals surface area contributed by atoms with E-state index in [1.54, 1.807) is 38.4 Å². The van der Waals surface area contributed by atoms with Gasteiger partial charge in [0.1, 0.15) is 11.6 Å². The average molecular weight is 656 g/mol. The molecular weight excluding hydrogens is 621 g/mol. The second-order valence-corrected chi connectivity index (χ2v) is 12.0. The zero-order valence-electron chi connectivity index (χ0n) is 25.4. The van der Waals surface area contributed by atoms with E-state index in [0.29, 0.717) is 22.2 Å². The van der Waals surface area contributed by atoms with Crippen LogP contribution in [0.25, 0.3) is 10.9 Å². The van der Waals surface area contributed by atoms with E-state index in [4.69, 9.17) is 17.3 Å². The first-order valence-electron chi connectivity index (χ1n) is 14.6. The van der Waals surface area contributed by atoms with Gasteiger partial charge in [-0.25, -0.2) is 4.39 Å². The summed E-state index contributed by atoms with van der Waals surface area (Å²) in [5.41, 5.74) is 4.44. The van der Waals surface area contributed by atoms with Crippen LogP contribution in [0.15, 0.2) is 42.5 Å². The molecule has 0 saturated carbocycles. The zero-order chi connectivity index (χ0) is 33.8. The van der Waals surface area contributed by atoms with Crippen molar-refractivity contribution in [3.8, 4) is 0 Å². The van der Waals surface area contributed by atoms with E-state index < -0.39 is 35.1 Å². The van der Waals surface area contributed by atoms with Gasteiger partial charge in [0.25, 0.3) is 11.8 Å². The molecule has 12 nitrogen and oxygen atoms in total. The number of nitrogens with one attached hydrogen (secondary N) is 2. The summed E-state index contributed by atoms with van der Waals surface area (Å²) in [5.74, 6) is -4.70. The number of carbonyl (C=O) groups is 6. The Bertz CT molecular complexity index is 1690. The lowest BCUT2D eigenvalue weighted by atomic mass is 9.89. The molecule has 1 saturated heterocycles. The molecule has 1 fully saturated rings. The molecule has 0 aliphatic carbocycles. The van der Waals surface area contributed by atoms with E-state index in [1.807, 2.05) is 0 Å². The third-order valence-electron chi connectivity index (χ3n) is 7.97. The number of nitrogens with two attached hydrogens (primary N) is 1. The monoisotopic (exact) mass is 655 g/mol. The first-order chi connectivity index (χ1) is 21.7. The summed E-state index contributed by atoms with van der Waals surface area (Å²) in [6.45, 7) is -0.114. The molecule has 5 N–H and O–H groups in total. The van der Waals surface area contributed by atoms with Gasteiger partial charge in [0.15, 0.2) is 5.78 Å². The van der Waals surface area contributed by atoms with Crippen LogP contribution < -0.4 is 16.0 Å². The predicted molar refractivity (Wildman–Crippen MR) is 167 cm³/mol. The third kappa shape index (κ3) is 7.96.